The van der Waals surface area contributed by atoms with E-state index in [0.29, 0.717) is 12.3 Å². The van der Waals surface area contributed by atoms with Gasteiger partial charge in [0.05, 0.1) is 0 Å². The number of hydrogen-bond acceptors (Lipinski definition) is 8. The Kier molecular flexibility index (Phi) is 7.11. The van der Waals surface area contributed by atoms with Crippen LogP contribution in [0.1, 0.15) is 32.6 Å². The smallest absolute Gasteiger partial charge is 0.225 e. The molecule has 0 spiro atoms. The van der Waals surface area contributed by atoms with Gasteiger partial charge in [-0.05, 0) is 38.2 Å². The maximum Gasteiger partial charge on any atom is 0.225 e. The van der Waals surface area contributed by atoms with Gasteiger partial charge in [0.25, 0.3) is 0 Å². The third-order valence-electron chi connectivity index (χ3n) is 6.18. The second kappa shape index (κ2) is 10.4. The fourth-order valence-electron chi connectivity index (χ4n) is 4.34. The van der Waals surface area contributed by atoms with Crippen LogP contribution in [0.3, 0.4) is 0 Å². The van der Waals surface area contributed by atoms with Crippen LogP contribution >= 0.6 is 0 Å². The van der Waals surface area contributed by atoms with Crippen molar-refractivity contribution in [1.82, 2.24) is 24.8 Å². The van der Waals surface area contributed by atoms with Crippen LogP contribution in [0.15, 0.2) is 30.9 Å². The van der Waals surface area contributed by atoms with E-state index in [1.165, 1.54) is 0 Å². The molecule has 4 rings (SSSR count). The van der Waals surface area contributed by atoms with Gasteiger partial charge in [0.1, 0.15) is 18.0 Å². The number of carbonyl (C=O) groups excluding carboxylic acids is 1. The second-order valence-corrected chi connectivity index (χ2v) is 8.18. The quantitative estimate of drug-likeness (QED) is 0.722. The van der Waals surface area contributed by atoms with Gasteiger partial charge in [-0.2, -0.15) is 0 Å². The highest BCUT2D eigenvalue weighted by molar-refractivity contribution is 5.76. The maximum atomic E-state index is 12.7. The number of carbonyl (C=O) groups is 1. The lowest BCUT2D eigenvalue weighted by atomic mass is 9.92. The van der Waals surface area contributed by atoms with Crippen molar-refractivity contribution in [3.63, 3.8) is 0 Å². The lowest BCUT2D eigenvalue weighted by Gasteiger charge is -2.35. The van der Waals surface area contributed by atoms with Crippen LogP contribution in [0, 0.1) is 5.92 Å². The summed E-state index contributed by atoms with van der Waals surface area (Å²) in [6.07, 6.45) is 8.97. The third-order valence-corrected chi connectivity index (χ3v) is 6.18. The van der Waals surface area contributed by atoms with Crippen molar-refractivity contribution >= 4 is 23.5 Å². The standard InChI is InChI=1S/C22H32N8O/c1-2-23-19-16-20(27-17-26-19)28-10-6-18(7-11-28)4-5-21(31)29-12-14-30(15-13-29)22-24-8-3-9-25-22/h3,8-9,16-18H,2,4-7,10-15H2,1H3,(H,23,26,27). The number of hydrogen-bond donors (Lipinski definition) is 1. The van der Waals surface area contributed by atoms with E-state index >= 15 is 0 Å². The van der Waals surface area contributed by atoms with Crippen LogP contribution in [0.25, 0.3) is 0 Å². The minimum atomic E-state index is 0.280. The summed E-state index contributed by atoms with van der Waals surface area (Å²) in [6.45, 7) is 7.96. The SMILES string of the molecule is CCNc1cc(N2CCC(CCC(=O)N3CCN(c4ncccn4)CC3)CC2)ncn1. The molecule has 1 N–H and O–H groups in total. The first-order chi connectivity index (χ1) is 15.2. The van der Waals surface area contributed by atoms with Gasteiger partial charge in [-0.15, -0.1) is 0 Å². The van der Waals surface area contributed by atoms with Gasteiger partial charge in [0.15, 0.2) is 0 Å². The highest BCUT2D eigenvalue weighted by atomic mass is 16.2. The number of piperazine rings is 1. The Bertz CT molecular complexity index is 832. The molecule has 2 aromatic rings. The molecule has 2 aliphatic heterocycles. The van der Waals surface area contributed by atoms with E-state index in [9.17, 15) is 4.79 Å². The lowest BCUT2D eigenvalue weighted by molar-refractivity contribution is -0.131. The molecule has 0 saturated carbocycles. The topological polar surface area (TPSA) is 90.4 Å². The number of piperidine rings is 1. The van der Waals surface area contributed by atoms with Crippen LogP contribution in [0.5, 0.6) is 0 Å². The predicted octanol–water partition coefficient (Wildman–Crippen LogP) is 2.04. The molecule has 31 heavy (non-hydrogen) atoms. The molecule has 0 unspecified atom stereocenters. The molecule has 0 bridgehead atoms. The van der Waals surface area contributed by atoms with Crippen LogP contribution in [0.2, 0.25) is 0 Å². The molecule has 1 amide bonds. The summed E-state index contributed by atoms with van der Waals surface area (Å²) in [7, 11) is 0. The minimum Gasteiger partial charge on any atom is -0.370 e. The van der Waals surface area contributed by atoms with Crippen LogP contribution in [-0.4, -0.2) is 76.6 Å². The zero-order valence-electron chi connectivity index (χ0n) is 18.3. The number of aromatic nitrogens is 4. The molecular weight excluding hydrogens is 392 g/mol. The van der Waals surface area contributed by atoms with Gasteiger partial charge in [-0.3, -0.25) is 4.79 Å². The Labute approximate surface area is 183 Å². The lowest BCUT2D eigenvalue weighted by Crippen LogP contribution is -2.49. The Balaban J connectivity index is 1.18. The predicted molar refractivity (Wildman–Crippen MR) is 121 cm³/mol. The second-order valence-electron chi connectivity index (χ2n) is 8.18. The molecule has 0 atom stereocenters. The Hall–Kier alpha value is -2.97. The molecule has 0 aliphatic carbocycles. The van der Waals surface area contributed by atoms with Gasteiger partial charge < -0.3 is 20.0 Å². The number of amides is 1. The van der Waals surface area contributed by atoms with Crippen molar-refractivity contribution in [1.29, 1.82) is 0 Å². The number of anilines is 3. The molecule has 2 fully saturated rings. The van der Waals surface area contributed by atoms with E-state index in [0.717, 1.165) is 82.7 Å². The van der Waals surface area contributed by atoms with E-state index in [4.69, 9.17) is 0 Å². The minimum absolute atomic E-state index is 0.280. The van der Waals surface area contributed by atoms with Gasteiger partial charge in [-0.1, -0.05) is 0 Å². The molecule has 0 aromatic carbocycles. The van der Waals surface area contributed by atoms with E-state index < -0.39 is 0 Å². The molecule has 2 saturated heterocycles. The van der Waals surface area contributed by atoms with Crippen molar-refractivity contribution < 1.29 is 4.79 Å². The first-order valence-electron chi connectivity index (χ1n) is 11.3. The number of nitrogens with zero attached hydrogens (tertiary/aromatic N) is 7. The largest absolute Gasteiger partial charge is 0.370 e. The Morgan fingerprint density at radius 3 is 2.45 bits per heavy atom. The monoisotopic (exact) mass is 424 g/mol. The maximum absolute atomic E-state index is 12.7. The summed E-state index contributed by atoms with van der Waals surface area (Å²) in [4.78, 5) is 36.5. The van der Waals surface area contributed by atoms with E-state index in [2.05, 4.69) is 42.0 Å². The molecule has 9 heteroatoms. The molecular formula is C22H32N8O. The molecule has 2 aromatic heterocycles. The highest BCUT2D eigenvalue weighted by Gasteiger charge is 2.25. The van der Waals surface area contributed by atoms with Crippen molar-refractivity contribution in [3.05, 3.63) is 30.9 Å². The molecule has 2 aliphatic rings. The zero-order chi connectivity index (χ0) is 21.5. The zero-order valence-corrected chi connectivity index (χ0v) is 18.3. The van der Waals surface area contributed by atoms with Gasteiger partial charge in [-0.25, -0.2) is 19.9 Å². The molecule has 4 heterocycles. The molecule has 166 valence electrons. The summed E-state index contributed by atoms with van der Waals surface area (Å²) >= 11 is 0. The summed E-state index contributed by atoms with van der Waals surface area (Å²) in [5.74, 6) is 3.50. The number of nitrogens with one attached hydrogen (secondary N) is 1. The van der Waals surface area contributed by atoms with Crippen molar-refractivity contribution in [2.75, 3.05) is 60.9 Å². The Morgan fingerprint density at radius 2 is 1.74 bits per heavy atom. The summed E-state index contributed by atoms with van der Waals surface area (Å²) in [5, 5.41) is 3.24. The van der Waals surface area contributed by atoms with Crippen LogP contribution in [0.4, 0.5) is 17.6 Å². The van der Waals surface area contributed by atoms with Crippen LogP contribution < -0.4 is 15.1 Å². The molecule has 0 radical (unpaired) electrons. The first kappa shape index (κ1) is 21.3. The van der Waals surface area contributed by atoms with Crippen LogP contribution in [-0.2, 0) is 4.79 Å². The average Bonchev–Trinajstić information content (AvgIpc) is 2.84. The highest BCUT2D eigenvalue weighted by Crippen LogP contribution is 2.26. The fourth-order valence-corrected chi connectivity index (χ4v) is 4.34. The normalized spacial score (nSPS) is 17.6. The van der Waals surface area contributed by atoms with Gasteiger partial charge in [0, 0.05) is 70.7 Å². The summed E-state index contributed by atoms with van der Waals surface area (Å²) < 4.78 is 0. The van der Waals surface area contributed by atoms with Gasteiger partial charge in [0.2, 0.25) is 11.9 Å². The first-order valence-corrected chi connectivity index (χ1v) is 11.3. The van der Waals surface area contributed by atoms with Crippen molar-refractivity contribution in [3.8, 4) is 0 Å². The molecule has 9 nitrogen and oxygen atoms in total. The fraction of sp³-hybridized carbons (Fsp3) is 0.591. The van der Waals surface area contributed by atoms with E-state index in [1.807, 2.05) is 17.0 Å². The van der Waals surface area contributed by atoms with Crippen molar-refractivity contribution in [2.45, 2.75) is 32.6 Å². The number of rotatable bonds is 7. The summed E-state index contributed by atoms with van der Waals surface area (Å²) in [5.41, 5.74) is 0. The average molecular weight is 425 g/mol. The third kappa shape index (κ3) is 5.59. The van der Waals surface area contributed by atoms with E-state index in [1.54, 1.807) is 18.7 Å². The summed E-state index contributed by atoms with van der Waals surface area (Å²) in [6, 6.07) is 3.84. The van der Waals surface area contributed by atoms with Gasteiger partial charge >= 0.3 is 0 Å². The van der Waals surface area contributed by atoms with Crippen molar-refractivity contribution in [2.24, 2.45) is 5.92 Å². The Morgan fingerprint density at radius 1 is 1.00 bits per heavy atom. The van der Waals surface area contributed by atoms with E-state index in [-0.39, 0.29) is 5.91 Å².